The minimum atomic E-state index is -0.359. The van der Waals surface area contributed by atoms with Crippen molar-refractivity contribution < 1.29 is 14.6 Å². The van der Waals surface area contributed by atoms with Crippen LogP contribution in [0.15, 0.2) is 55.1 Å². The number of rotatable bonds is 3. The molecule has 0 saturated heterocycles. The minimum Gasteiger partial charge on any atom is -0.508 e. The van der Waals surface area contributed by atoms with Crippen molar-refractivity contribution in [3.8, 4) is 5.75 Å². The average Bonchev–Trinajstić information content (AvgIpc) is 2.46. The van der Waals surface area contributed by atoms with E-state index in [4.69, 9.17) is 0 Å². The number of phenolic OH excluding ortho intramolecular Hbond substituents is 1. The van der Waals surface area contributed by atoms with E-state index in [2.05, 4.69) is 11.3 Å². The maximum absolute atomic E-state index is 11.3. The largest absolute Gasteiger partial charge is 0.508 e. The van der Waals surface area contributed by atoms with Gasteiger partial charge in [0, 0.05) is 0 Å². The molecule has 2 aromatic carbocycles. The molecule has 0 aliphatic heterocycles. The topological polar surface area (TPSA) is 46.5 Å². The van der Waals surface area contributed by atoms with Gasteiger partial charge in [-0.15, -0.1) is 0 Å². The standard InChI is InChI=1S/C16H14O3/c1-11(13-7-9-15(17)10-8-13)12-3-5-14(6-4-12)16(18)19-2/h3-10,17H,1H2,2H3. The van der Waals surface area contributed by atoms with E-state index in [0.29, 0.717) is 5.56 Å². The summed E-state index contributed by atoms with van der Waals surface area (Å²) in [6.45, 7) is 4.02. The summed E-state index contributed by atoms with van der Waals surface area (Å²) in [7, 11) is 1.35. The van der Waals surface area contributed by atoms with Gasteiger partial charge < -0.3 is 9.84 Å². The molecule has 0 aromatic heterocycles. The van der Waals surface area contributed by atoms with E-state index >= 15 is 0 Å². The number of hydrogen-bond acceptors (Lipinski definition) is 3. The van der Waals surface area contributed by atoms with Crippen LogP contribution in [0.25, 0.3) is 5.57 Å². The summed E-state index contributed by atoms with van der Waals surface area (Å²) in [5.41, 5.74) is 3.17. The number of methoxy groups -OCH3 is 1. The summed E-state index contributed by atoms with van der Waals surface area (Å²) >= 11 is 0. The molecule has 3 heteroatoms. The summed E-state index contributed by atoms with van der Waals surface area (Å²) in [5.74, 6) is -0.139. The second-order valence-electron chi connectivity index (χ2n) is 4.09. The van der Waals surface area contributed by atoms with Gasteiger partial charge in [-0.25, -0.2) is 4.79 Å². The SMILES string of the molecule is C=C(c1ccc(O)cc1)c1ccc(C(=O)OC)cc1. The fraction of sp³-hybridized carbons (Fsp3) is 0.0625. The predicted octanol–water partition coefficient (Wildman–Crippen LogP) is 3.24. The minimum absolute atomic E-state index is 0.220. The molecule has 0 radical (unpaired) electrons. The Morgan fingerprint density at radius 3 is 1.84 bits per heavy atom. The van der Waals surface area contributed by atoms with Gasteiger partial charge in [0.25, 0.3) is 0 Å². The van der Waals surface area contributed by atoms with Gasteiger partial charge in [-0.2, -0.15) is 0 Å². The van der Waals surface area contributed by atoms with Crippen LogP contribution in [0, 0.1) is 0 Å². The van der Waals surface area contributed by atoms with Crippen molar-refractivity contribution in [1.29, 1.82) is 0 Å². The lowest BCUT2D eigenvalue weighted by Gasteiger charge is -2.07. The fourth-order valence-electron chi connectivity index (χ4n) is 1.75. The van der Waals surface area contributed by atoms with Crippen molar-refractivity contribution in [2.45, 2.75) is 0 Å². The van der Waals surface area contributed by atoms with Crippen molar-refractivity contribution in [3.63, 3.8) is 0 Å². The van der Waals surface area contributed by atoms with Crippen molar-refractivity contribution in [3.05, 3.63) is 71.8 Å². The molecule has 0 atom stereocenters. The average molecular weight is 254 g/mol. The van der Waals surface area contributed by atoms with E-state index in [-0.39, 0.29) is 11.7 Å². The molecule has 0 saturated carbocycles. The van der Waals surface area contributed by atoms with Crippen LogP contribution in [0.5, 0.6) is 5.75 Å². The summed E-state index contributed by atoms with van der Waals surface area (Å²) < 4.78 is 4.65. The number of aromatic hydroxyl groups is 1. The van der Waals surface area contributed by atoms with Gasteiger partial charge in [0.1, 0.15) is 5.75 Å². The second-order valence-corrected chi connectivity index (χ2v) is 4.09. The van der Waals surface area contributed by atoms with Crippen molar-refractivity contribution in [2.24, 2.45) is 0 Å². The molecule has 3 nitrogen and oxygen atoms in total. The first-order chi connectivity index (χ1) is 9.11. The van der Waals surface area contributed by atoms with Crippen LogP contribution >= 0.6 is 0 Å². The highest BCUT2D eigenvalue weighted by atomic mass is 16.5. The van der Waals surface area contributed by atoms with Crippen LogP contribution in [0.3, 0.4) is 0 Å². The molecule has 0 aliphatic carbocycles. The van der Waals surface area contributed by atoms with E-state index in [0.717, 1.165) is 16.7 Å². The van der Waals surface area contributed by atoms with E-state index in [1.807, 2.05) is 12.1 Å². The van der Waals surface area contributed by atoms with Crippen LogP contribution in [-0.4, -0.2) is 18.2 Å². The molecule has 0 aliphatic rings. The van der Waals surface area contributed by atoms with Gasteiger partial charge in [0.2, 0.25) is 0 Å². The highest BCUT2D eigenvalue weighted by molar-refractivity contribution is 5.90. The highest BCUT2D eigenvalue weighted by Crippen LogP contribution is 2.23. The number of ether oxygens (including phenoxy) is 1. The third kappa shape index (κ3) is 2.83. The van der Waals surface area contributed by atoms with E-state index in [1.165, 1.54) is 7.11 Å². The Hall–Kier alpha value is -2.55. The van der Waals surface area contributed by atoms with E-state index in [9.17, 15) is 9.90 Å². The zero-order valence-electron chi connectivity index (χ0n) is 10.6. The van der Waals surface area contributed by atoms with E-state index < -0.39 is 0 Å². The van der Waals surface area contributed by atoms with Gasteiger partial charge in [-0.3, -0.25) is 0 Å². The molecule has 0 unspecified atom stereocenters. The normalized spacial score (nSPS) is 9.95. The van der Waals surface area contributed by atoms with Gasteiger partial charge in [0.05, 0.1) is 12.7 Å². The van der Waals surface area contributed by atoms with Crippen molar-refractivity contribution >= 4 is 11.5 Å². The number of esters is 1. The number of carbonyl (C=O) groups excluding carboxylic acids is 1. The van der Waals surface area contributed by atoms with Crippen LogP contribution in [0.2, 0.25) is 0 Å². The molecule has 0 spiro atoms. The monoisotopic (exact) mass is 254 g/mol. The summed E-state index contributed by atoms with van der Waals surface area (Å²) in [5, 5.41) is 9.25. The molecular weight excluding hydrogens is 240 g/mol. The van der Waals surface area contributed by atoms with Crippen LogP contribution in [-0.2, 0) is 4.74 Å². The molecule has 19 heavy (non-hydrogen) atoms. The molecule has 1 N–H and O–H groups in total. The van der Waals surface area contributed by atoms with Crippen molar-refractivity contribution in [2.75, 3.05) is 7.11 Å². The van der Waals surface area contributed by atoms with Crippen molar-refractivity contribution in [1.82, 2.24) is 0 Å². The molecule has 96 valence electrons. The molecule has 2 aromatic rings. The van der Waals surface area contributed by atoms with Crippen LogP contribution in [0.1, 0.15) is 21.5 Å². The first-order valence-electron chi connectivity index (χ1n) is 5.79. The molecule has 0 amide bonds. The van der Waals surface area contributed by atoms with Gasteiger partial charge in [0.15, 0.2) is 0 Å². The lowest BCUT2D eigenvalue weighted by Crippen LogP contribution is -2.00. The molecule has 2 rings (SSSR count). The molecular formula is C16H14O3. The number of phenols is 1. The zero-order chi connectivity index (χ0) is 13.8. The summed E-state index contributed by atoms with van der Waals surface area (Å²) in [6, 6.07) is 13.9. The third-order valence-corrected chi connectivity index (χ3v) is 2.87. The lowest BCUT2D eigenvalue weighted by atomic mass is 9.98. The first-order valence-corrected chi connectivity index (χ1v) is 5.79. The molecule has 0 bridgehead atoms. The highest BCUT2D eigenvalue weighted by Gasteiger charge is 2.06. The maximum Gasteiger partial charge on any atom is 0.337 e. The molecule has 0 heterocycles. The van der Waals surface area contributed by atoms with Gasteiger partial charge >= 0.3 is 5.97 Å². The Bertz CT molecular complexity index is 595. The van der Waals surface area contributed by atoms with Gasteiger partial charge in [-0.1, -0.05) is 30.8 Å². The second kappa shape index (κ2) is 5.40. The Morgan fingerprint density at radius 1 is 0.947 bits per heavy atom. The summed E-state index contributed by atoms with van der Waals surface area (Å²) in [6.07, 6.45) is 0. The van der Waals surface area contributed by atoms with Crippen LogP contribution in [0.4, 0.5) is 0 Å². The Balaban J connectivity index is 2.25. The quantitative estimate of drug-likeness (QED) is 0.855. The molecule has 0 fully saturated rings. The predicted molar refractivity (Wildman–Crippen MR) is 74.0 cm³/mol. The third-order valence-electron chi connectivity index (χ3n) is 2.87. The zero-order valence-corrected chi connectivity index (χ0v) is 10.6. The van der Waals surface area contributed by atoms with E-state index in [1.54, 1.807) is 36.4 Å². The summed E-state index contributed by atoms with van der Waals surface area (Å²) in [4.78, 5) is 11.3. The first kappa shape index (κ1) is 12.9. The maximum atomic E-state index is 11.3. The Morgan fingerprint density at radius 2 is 1.37 bits per heavy atom. The number of carbonyl (C=O) groups is 1. The fourth-order valence-corrected chi connectivity index (χ4v) is 1.75. The Kier molecular flexibility index (Phi) is 3.66. The number of hydrogen-bond donors (Lipinski definition) is 1. The lowest BCUT2D eigenvalue weighted by molar-refractivity contribution is 0.0600. The smallest absolute Gasteiger partial charge is 0.337 e. The Labute approximate surface area is 111 Å². The number of benzene rings is 2. The van der Waals surface area contributed by atoms with Crippen LogP contribution < -0.4 is 0 Å². The van der Waals surface area contributed by atoms with Gasteiger partial charge in [-0.05, 0) is 41.0 Å².